The fourth-order valence-corrected chi connectivity index (χ4v) is 3.27. The van der Waals surface area contributed by atoms with Crippen LogP contribution in [0.1, 0.15) is 38.5 Å². The van der Waals surface area contributed by atoms with E-state index in [9.17, 15) is 20.1 Å². The molecule has 6 heteroatoms. The summed E-state index contributed by atoms with van der Waals surface area (Å²) in [6.45, 7) is 0.794. The lowest BCUT2D eigenvalue weighted by atomic mass is 9.82. The smallest absolute Gasteiger partial charge is 0.225 e. The van der Waals surface area contributed by atoms with E-state index >= 15 is 0 Å². The molecule has 0 bridgehead atoms. The zero-order chi connectivity index (χ0) is 15.5. The van der Waals surface area contributed by atoms with Gasteiger partial charge in [-0.1, -0.05) is 19.3 Å². The molecule has 2 rings (SSSR count). The lowest BCUT2D eigenvalue weighted by Crippen LogP contribution is -2.49. The molecule has 0 unspecified atom stereocenters. The number of rotatable bonds is 4. The van der Waals surface area contributed by atoms with Crippen LogP contribution in [-0.2, 0) is 9.53 Å². The van der Waals surface area contributed by atoms with Crippen molar-refractivity contribution >= 4 is 5.91 Å². The van der Waals surface area contributed by atoms with Gasteiger partial charge in [-0.2, -0.15) is 0 Å². The molecular weight excluding hydrogens is 274 g/mol. The Morgan fingerprint density at radius 2 is 1.90 bits per heavy atom. The average molecular weight is 301 g/mol. The van der Waals surface area contributed by atoms with E-state index in [1.165, 1.54) is 4.90 Å². The van der Waals surface area contributed by atoms with E-state index in [-0.39, 0.29) is 24.9 Å². The van der Waals surface area contributed by atoms with E-state index in [1.807, 2.05) is 0 Å². The Morgan fingerprint density at radius 3 is 2.57 bits per heavy atom. The number of aliphatic hydroxyl groups is 3. The van der Waals surface area contributed by atoms with Crippen molar-refractivity contribution in [2.75, 3.05) is 26.8 Å². The number of carbonyl (C=O) groups is 1. The fraction of sp³-hybridized carbons (Fsp3) is 0.933. The minimum absolute atomic E-state index is 0.119. The van der Waals surface area contributed by atoms with Crippen LogP contribution in [0.5, 0.6) is 0 Å². The summed E-state index contributed by atoms with van der Waals surface area (Å²) in [4.78, 5) is 13.8. The molecule has 1 saturated heterocycles. The van der Waals surface area contributed by atoms with Gasteiger partial charge in [0.2, 0.25) is 5.91 Å². The number of ether oxygens (including phenoxy) is 1. The van der Waals surface area contributed by atoms with E-state index in [0.29, 0.717) is 26.0 Å². The molecule has 0 aromatic rings. The van der Waals surface area contributed by atoms with E-state index < -0.39 is 17.8 Å². The highest BCUT2D eigenvalue weighted by atomic mass is 16.5. The van der Waals surface area contributed by atoms with Gasteiger partial charge in [0, 0.05) is 19.5 Å². The van der Waals surface area contributed by atoms with Crippen LogP contribution in [0.15, 0.2) is 0 Å². The minimum atomic E-state index is -0.894. The Morgan fingerprint density at radius 1 is 1.24 bits per heavy atom. The Labute approximate surface area is 125 Å². The van der Waals surface area contributed by atoms with Crippen molar-refractivity contribution in [3.05, 3.63) is 0 Å². The SMILES string of the molecule is CN(C[C@@H]1COC[C@@H](O)[C@H]1O)C(=O)CC1(O)CCCCC1. The van der Waals surface area contributed by atoms with E-state index in [4.69, 9.17) is 4.74 Å². The van der Waals surface area contributed by atoms with Crippen LogP contribution in [0.4, 0.5) is 0 Å². The van der Waals surface area contributed by atoms with Crippen LogP contribution >= 0.6 is 0 Å². The topological polar surface area (TPSA) is 90.2 Å². The van der Waals surface area contributed by atoms with Crippen molar-refractivity contribution in [2.24, 2.45) is 5.92 Å². The average Bonchev–Trinajstić information content (AvgIpc) is 2.44. The van der Waals surface area contributed by atoms with Crippen LogP contribution in [0.3, 0.4) is 0 Å². The maximum absolute atomic E-state index is 12.3. The van der Waals surface area contributed by atoms with Crippen LogP contribution in [0, 0.1) is 5.92 Å². The van der Waals surface area contributed by atoms with Crippen LogP contribution < -0.4 is 0 Å². The monoisotopic (exact) mass is 301 g/mol. The van der Waals surface area contributed by atoms with E-state index in [2.05, 4.69) is 0 Å². The van der Waals surface area contributed by atoms with Gasteiger partial charge in [0.05, 0.1) is 31.3 Å². The molecule has 1 aliphatic heterocycles. The second-order valence-electron chi connectivity index (χ2n) is 6.59. The first-order valence-electron chi connectivity index (χ1n) is 7.81. The highest BCUT2D eigenvalue weighted by Gasteiger charge is 2.35. The first-order valence-corrected chi connectivity index (χ1v) is 7.81. The molecule has 2 aliphatic rings. The summed E-state index contributed by atoms with van der Waals surface area (Å²) in [6.07, 6.45) is 2.79. The maximum Gasteiger partial charge on any atom is 0.225 e. The standard InChI is InChI=1S/C15H27NO5/c1-16(8-11-9-21-10-12(17)14(11)19)13(18)7-15(20)5-3-2-4-6-15/h11-12,14,17,19-20H,2-10H2,1H3/t11-,12-,14+/m1/s1. The number of nitrogens with zero attached hydrogens (tertiary/aromatic N) is 1. The van der Waals surface area contributed by atoms with Crippen molar-refractivity contribution < 1.29 is 24.9 Å². The van der Waals surface area contributed by atoms with Crippen LogP contribution in [0.2, 0.25) is 0 Å². The molecule has 3 N–H and O–H groups in total. The third kappa shape index (κ3) is 4.39. The number of carbonyl (C=O) groups excluding carboxylic acids is 1. The zero-order valence-electron chi connectivity index (χ0n) is 12.7. The molecule has 1 amide bonds. The third-order valence-corrected chi connectivity index (χ3v) is 4.70. The van der Waals surface area contributed by atoms with Crippen LogP contribution in [-0.4, -0.2) is 70.7 Å². The predicted molar refractivity (Wildman–Crippen MR) is 76.6 cm³/mol. The fourth-order valence-electron chi connectivity index (χ4n) is 3.27. The van der Waals surface area contributed by atoms with Crippen molar-refractivity contribution in [1.29, 1.82) is 0 Å². The van der Waals surface area contributed by atoms with Gasteiger partial charge in [0.1, 0.15) is 6.10 Å². The summed E-state index contributed by atoms with van der Waals surface area (Å²) in [5.74, 6) is -0.407. The van der Waals surface area contributed by atoms with Gasteiger partial charge >= 0.3 is 0 Å². The molecule has 122 valence electrons. The summed E-state index contributed by atoms with van der Waals surface area (Å²) in [5, 5.41) is 29.9. The molecule has 21 heavy (non-hydrogen) atoms. The molecule has 0 aromatic carbocycles. The Kier molecular flexibility index (Phi) is 5.60. The van der Waals surface area contributed by atoms with Gasteiger partial charge in [-0.05, 0) is 12.8 Å². The summed E-state index contributed by atoms with van der Waals surface area (Å²) >= 11 is 0. The third-order valence-electron chi connectivity index (χ3n) is 4.70. The summed E-state index contributed by atoms with van der Waals surface area (Å²) in [6, 6.07) is 0. The lowest BCUT2D eigenvalue weighted by Gasteiger charge is -2.36. The number of aliphatic hydroxyl groups excluding tert-OH is 2. The van der Waals surface area contributed by atoms with Gasteiger partial charge in [-0.25, -0.2) is 0 Å². The van der Waals surface area contributed by atoms with Crippen molar-refractivity contribution in [3.8, 4) is 0 Å². The number of hydrogen-bond donors (Lipinski definition) is 3. The van der Waals surface area contributed by atoms with Crippen molar-refractivity contribution in [3.63, 3.8) is 0 Å². The van der Waals surface area contributed by atoms with E-state index in [1.54, 1.807) is 7.05 Å². The molecular formula is C15H27NO5. The van der Waals surface area contributed by atoms with Gasteiger partial charge in [-0.15, -0.1) is 0 Å². The molecule has 1 saturated carbocycles. The summed E-state index contributed by atoms with van der Waals surface area (Å²) in [7, 11) is 1.67. The molecule has 0 radical (unpaired) electrons. The quantitative estimate of drug-likeness (QED) is 0.674. The highest BCUT2D eigenvalue weighted by Crippen LogP contribution is 2.31. The Bertz CT molecular complexity index is 356. The van der Waals surface area contributed by atoms with Gasteiger partial charge in [0.15, 0.2) is 0 Å². The number of hydrogen-bond acceptors (Lipinski definition) is 5. The van der Waals surface area contributed by atoms with Gasteiger partial charge in [-0.3, -0.25) is 4.79 Å². The Hall–Kier alpha value is -0.690. The lowest BCUT2D eigenvalue weighted by molar-refractivity contribution is -0.144. The molecule has 6 nitrogen and oxygen atoms in total. The first kappa shape index (κ1) is 16.7. The molecule has 0 spiro atoms. The molecule has 1 aliphatic carbocycles. The van der Waals surface area contributed by atoms with Gasteiger partial charge < -0.3 is 25.0 Å². The second kappa shape index (κ2) is 7.05. The van der Waals surface area contributed by atoms with Crippen LogP contribution in [0.25, 0.3) is 0 Å². The molecule has 2 fully saturated rings. The second-order valence-corrected chi connectivity index (χ2v) is 6.59. The molecule has 1 heterocycles. The summed E-state index contributed by atoms with van der Waals surface area (Å²) in [5.41, 5.74) is -0.870. The largest absolute Gasteiger partial charge is 0.390 e. The normalized spacial score (nSPS) is 32.7. The Balaban J connectivity index is 1.84. The summed E-state index contributed by atoms with van der Waals surface area (Å²) < 4.78 is 5.22. The minimum Gasteiger partial charge on any atom is -0.390 e. The first-order chi connectivity index (χ1) is 9.91. The van der Waals surface area contributed by atoms with E-state index in [0.717, 1.165) is 19.3 Å². The highest BCUT2D eigenvalue weighted by molar-refractivity contribution is 5.77. The van der Waals surface area contributed by atoms with Crippen molar-refractivity contribution in [2.45, 2.75) is 56.3 Å². The molecule has 3 atom stereocenters. The zero-order valence-corrected chi connectivity index (χ0v) is 12.7. The predicted octanol–water partition coefficient (Wildman–Crippen LogP) is -0.102. The van der Waals surface area contributed by atoms with Crippen molar-refractivity contribution in [1.82, 2.24) is 4.90 Å². The molecule has 0 aromatic heterocycles. The van der Waals surface area contributed by atoms with Gasteiger partial charge in [0.25, 0.3) is 0 Å². The number of amides is 1. The maximum atomic E-state index is 12.3.